The predicted molar refractivity (Wildman–Crippen MR) is 214 cm³/mol. The Hall–Kier alpha value is -2.10. The molecular formula is C42H73O9P. The smallest absolute Gasteiger partial charge is 0.457 e. The molecule has 0 aliphatic carbocycles. The maximum Gasteiger partial charge on any atom is 0.472 e. The van der Waals surface area contributed by atoms with Gasteiger partial charge in [-0.2, -0.15) is 0 Å². The van der Waals surface area contributed by atoms with Crippen LogP contribution in [0.4, 0.5) is 0 Å². The summed E-state index contributed by atoms with van der Waals surface area (Å²) in [6.07, 6.45) is 44.4. The van der Waals surface area contributed by atoms with Crippen LogP contribution in [-0.2, 0) is 27.9 Å². The fraction of sp³-hybridized carbons (Fsp3) is 0.690. The second-order valence-electron chi connectivity index (χ2n) is 12.9. The van der Waals surface area contributed by atoms with Gasteiger partial charge in [-0.3, -0.25) is 13.8 Å². The fourth-order valence-corrected chi connectivity index (χ4v) is 5.63. The molecule has 52 heavy (non-hydrogen) atoms. The van der Waals surface area contributed by atoms with Crippen LogP contribution < -0.4 is 0 Å². The minimum absolute atomic E-state index is 0.0127. The van der Waals surface area contributed by atoms with Crippen molar-refractivity contribution in [3.8, 4) is 0 Å². The lowest BCUT2D eigenvalue weighted by Crippen LogP contribution is -2.29. The lowest BCUT2D eigenvalue weighted by molar-refractivity contribution is -0.154. The van der Waals surface area contributed by atoms with Gasteiger partial charge in [0.1, 0.15) is 12.2 Å². The highest BCUT2D eigenvalue weighted by Crippen LogP contribution is 2.43. The third-order valence-electron chi connectivity index (χ3n) is 7.88. The Kier molecular flexibility index (Phi) is 37.1. The van der Waals surface area contributed by atoms with Crippen LogP contribution >= 0.6 is 7.82 Å². The van der Waals surface area contributed by atoms with Gasteiger partial charge in [-0.1, -0.05) is 125 Å². The van der Waals surface area contributed by atoms with E-state index in [1.165, 1.54) is 32.1 Å². The molecule has 0 aromatic heterocycles. The molecule has 0 aliphatic heterocycles. The van der Waals surface area contributed by atoms with E-state index in [1.54, 1.807) is 0 Å². The second-order valence-corrected chi connectivity index (χ2v) is 14.4. The van der Waals surface area contributed by atoms with E-state index in [0.29, 0.717) is 13.0 Å². The highest BCUT2D eigenvalue weighted by atomic mass is 31.2. The summed E-state index contributed by atoms with van der Waals surface area (Å²) >= 11 is 0. The standard InChI is InChI=1S/C42H73O9P/c1-3-5-7-9-11-13-15-17-18-19-20-21-23-25-27-29-31-33-35-48-38-41(39-50-52(46,47)49-37-40(44)36-43)51-42(45)34-32-30-28-26-24-22-16-14-12-10-8-6-4-2/h5,7,11,13-14,16-18,20-21,25,27,40-41,43-44H,3-4,6,8-10,12,15,19,22-24,26,28-39H2,1-2H3,(H,46,47)/b7-5-,13-11-,16-14-,18-17-,21-20-,27-25-. The van der Waals surface area contributed by atoms with Gasteiger partial charge in [0, 0.05) is 13.0 Å². The molecule has 0 aromatic carbocycles. The number of rotatable bonds is 37. The molecule has 3 atom stereocenters. The lowest BCUT2D eigenvalue weighted by Gasteiger charge is -2.20. The van der Waals surface area contributed by atoms with Gasteiger partial charge < -0.3 is 24.6 Å². The summed E-state index contributed by atoms with van der Waals surface area (Å²) in [4.78, 5) is 22.5. The summed E-state index contributed by atoms with van der Waals surface area (Å²) in [6, 6.07) is 0. The molecule has 0 aromatic rings. The first kappa shape index (κ1) is 49.9. The number of hydrogen-bond acceptors (Lipinski definition) is 8. The summed E-state index contributed by atoms with van der Waals surface area (Å²) in [5, 5.41) is 18.3. The average molecular weight is 753 g/mol. The fourth-order valence-electron chi connectivity index (χ4n) is 4.84. The van der Waals surface area contributed by atoms with E-state index in [0.717, 1.165) is 83.5 Å². The maximum atomic E-state index is 12.6. The number of phosphoric ester groups is 1. The van der Waals surface area contributed by atoms with E-state index >= 15 is 0 Å². The van der Waals surface area contributed by atoms with Gasteiger partial charge in [0.2, 0.25) is 0 Å². The van der Waals surface area contributed by atoms with E-state index in [9.17, 15) is 19.4 Å². The molecule has 3 N–H and O–H groups in total. The summed E-state index contributed by atoms with van der Waals surface area (Å²) in [5.74, 6) is -0.411. The maximum absolute atomic E-state index is 12.6. The first-order valence-electron chi connectivity index (χ1n) is 19.9. The van der Waals surface area contributed by atoms with E-state index in [1.807, 2.05) is 0 Å². The number of unbranched alkanes of at least 4 members (excludes halogenated alkanes) is 11. The third-order valence-corrected chi connectivity index (χ3v) is 8.83. The van der Waals surface area contributed by atoms with Crippen molar-refractivity contribution in [2.75, 3.05) is 33.0 Å². The summed E-state index contributed by atoms with van der Waals surface area (Å²) < 4.78 is 33.2. The van der Waals surface area contributed by atoms with Gasteiger partial charge in [0.15, 0.2) is 0 Å². The van der Waals surface area contributed by atoms with Gasteiger partial charge in [-0.05, 0) is 83.5 Å². The number of hydrogen-bond donors (Lipinski definition) is 3. The molecule has 0 saturated heterocycles. The number of aliphatic hydroxyl groups excluding tert-OH is 2. The molecule has 9 nitrogen and oxygen atoms in total. The summed E-state index contributed by atoms with van der Waals surface area (Å²) in [6.45, 7) is 3.23. The number of carbonyl (C=O) groups excluding carboxylic acids is 1. The largest absolute Gasteiger partial charge is 0.472 e. The molecular weight excluding hydrogens is 679 g/mol. The van der Waals surface area contributed by atoms with Crippen molar-refractivity contribution in [2.24, 2.45) is 0 Å². The monoisotopic (exact) mass is 752 g/mol. The number of ether oxygens (including phenoxy) is 2. The zero-order valence-electron chi connectivity index (χ0n) is 32.5. The number of phosphoric acid groups is 1. The highest BCUT2D eigenvalue weighted by molar-refractivity contribution is 7.47. The summed E-state index contributed by atoms with van der Waals surface area (Å²) in [5.41, 5.74) is 0. The molecule has 0 bridgehead atoms. The van der Waals surface area contributed by atoms with E-state index < -0.39 is 45.8 Å². The Morgan fingerprint density at radius 3 is 1.67 bits per heavy atom. The molecule has 0 amide bonds. The average Bonchev–Trinajstić information content (AvgIpc) is 3.13. The molecule has 0 spiro atoms. The SMILES string of the molecule is CC/C=C\C/C=C\C/C=C\C/C=C\C/C=C\CCCCOCC(COP(=O)(O)OCC(O)CO)OC(=O)CCCCCCC/C=C\CCCCCC. The normalized spacial score (nSPS) is 14.9. The van der Waals surface area contributed by atoms with Crippen molar-refractivity contribution in [2.45, 2.75) is 154 Å². The van der Waals surface area contributed by atoms with Crippen LogP contribution in [0.3, 0.4) is 0 Å². The van der Waals surface area contributed by atoms with Crippen molar-refractivity contribution < 1.29 is 43.0 Å². The molecule has 0 rings (SSSR count). The molecule has 0 fully saturated rings. The Morgan fingerprint density at radius 1 is 0.615 bits per heavy atom. The third kappa shape index (κ3) is 37.7. The van der Waals surface area contributed by atoms with E-state index in [2.05, 4.69) is 86.8 Å². The van der Waals surface area contributed by atoms with Gasteiger partial charge >= 0.3 is 13.8 Å². The zero-order chi connectivity index (χ0) is 38.2. The first-order valence-corrected chi connectivity index (χ1v) is 21.4. The molecule has 0 saturated carbocycles. The van der Waals surface area contributed by atoms with Crippen LogP contribution in [0.2, 0.25) is 0 Å². The van der Waals surface area contributed by atoms with Crippen molar-refractivity contribution in [1.29, 1.82) is 0 Å². The molecule has 300 valence electrons. The van der Waals surface area contributed by atoms with Gasteiger partial charge in [-0.15, -0.1) is 0 Å². The van der Waals surface area contributed by atoms with Gasteiger partial charge in [0.05, 0.1) is 26.4 Å². The number of carbonyl (C=O) groups is 1. The van der Waals surface area contributed by atoms with E-state index in [-0.39, 0.29) is 13.0 Å². The summed E-state index contributed by atoms with van der Waals surface area (Å²) in [7, 11) is -4.53. The minimum atomic E-state index is -4.53. The Balaban J connectivity index is 4.33. The van der Waals surface area contributed by atoms with Crippen molar-refractivity contribution >= 4 is 13.8 Å². The Morgan fingerprint density at radius 2 is 1.10 bits per heavy atom. The molecule has 0 heterocycles. The topological polar surface area (TPSA) is 132 Å². The number of esters is 1. The molecule has 10 heteroatoms. The first-order chi connectivity index (χ1) is 25.3. The van der Waals surface area contributed by atoms with Crippen LogP contribution in [0.5, 0.6) is 0 Å². The van der Waals surface area contributed by atoms with E-state index in [4.69, 9.17) is 23.6 Å². The minimum Gasteiger partial charge on any atom is -0.457 e. The highest BCUT2D eigenvalue weighted by Gasteiger charge is 2.26. The van der Waals surface area contributed by atoms with Gasteiger partial charge in [-0.25, -0.2) is 4.57 Å². The van der Waals surface area contributed by atoms with Crippen LogP contribution in [0.25, 0.3) is 0 Å². The van der Waals surface area contributed by atoms with Crippen LogP contribution in [0, 0.1) is 0 Å². The van der Waals surface area contributed by atoms with Crippen LogP contribution in [0.15, 0.2) is 72.9 Å². The van der Waals surface area contributed by atoms with Crippen LogP contribution in [-0.4, -0.2) is 66.3 Å². The zero-order valence-corrected chi connectivity index (χ0v) is 33.4. The van der Waals surface area contributed by atoms with Gasteiger partial charge in [0.25, 0.3) is 0 Å². The van der Waals surface area contributed by atoms with Crippen molar-refractivity contribution in [3.63, 3.8) is 0 Å². The quantitative estimate of drug-likeness (QED) is 0.0245. The van der Waals surface area contributed by atoms with Crippen molar-refractivity contribution in [1.82, 2.24) is 0 Å². The lowest BCUT2D eigenvalue weighted by atomic mass is 10.1. The number of aliphatic hydroxyl groups is 2. The van der Waals surface area contributed by atoms with Crippen molar-refractivity contribution in [3.05, 3.63) is 72.9 Å². The number of allylic oxidation sites excluding steroid dienone is 12. The molecule has 3 unspecified atom stereocenters. The Bertz CT molecular complexity index is 1030. The van der Waals surface area contributed by atoms with Crippen LogP contribution in [0.1, 0.15) is 142 Å². The molecule has 0 aliphatic rings. The second kappa shape index (κ2) is 38.6. The predicted octanol–water partition coefficient (Wildman–Crippen LogP) is 10.6. The molecule has 0 radical (unpaired) electrons. The Labute approximate surface area is 316 Å².